The highest BCUT2D eigenvalue weighted by molar-refractivity contribution is 7.99. The Morgan fingerprint density at radius 1 is 1.63 bits per heavy atom. The first kappa shape index (κ1) is 14.5. The molecule has 2 N–H and O–H groups in total. The van der Waals surface area contributed by atoms with Gasteiger partial charge in [0.15, 0.2) is 0 Å². The van der Waals surface area contributed by atoms with Gasteiger partial charge in [-0.25, -0.2) is 0 Å². The second-order valence-corrected chi connectivity index (χ2v) is 5.88. The summed E-state index contributed by atoms with van der Waals surface area (Å²) in [6.45, 7) is 0.970. The Balaban J connectivity index is 1.90. The van der Waals surface area contributed by atoms with Gasteiger partial charge in [0.2, 0.25) is 5.91 Å². The summed E-state index contributed by atoms with van der Waals surface area (Å²) in [5.41, 5.74) is 0.703. The van der Waals surface area contributed by atoms with Crippen LogP contribution in [-0.4, -0.2) is 37.1 Å². The number of amides is 1. The SMILES string of the molecule is COc1cc(NC(=O)CC2CSCCN2)ccc1Cl. The van der Waals surface area contributed by atoms with Crippen molar-refractivity contribution in [3.63, 3.8) is 0 Å². The molecule has 1 aromatic rings. The van der Waals surface area contributed by atoms with E-state index in [2.05, 4.69) is 10.6 Å². The average molecular weight is 301 g/mol. The minimum atomic E-state index is 0.00405. The third kappa shape index (κ3) is 4.30. The van der Waals surface area contributed by atoms with Gasteiger partial charge in [-0.05, 0) is 12.1 Å². The Morgan fingerprint density at radius 2 is 2.47 bits per heavy atom. The zero-order valence-corrected chi connectivity index (χ0v) is 12.3. The van der Waals surface area contributed by atoms with Crippen LogP contribution in [0, 0.1) is 0 Å². The number of methoxy groups -OCH3 is 1. The zero-order valence-electron chi connectivity index (χ0n) is 10.7. The number of halogens is 1. The van der Waals surface area contributed by atoms with Gasteiger partial charge in [0, 0.05) is 42.3 Å². The van der Waals surface area contributed by atoms with Crippen molar-refractivity contribution in [2.45, 2.75) is 12.5 Å². The number of nitrogens with one attached hydrogen (secondary N) is 2. The lowest BCUT2D eigenvalue weighted by molar-refractivity contribution is -0.116. The number of thioether (sulfide) groups is 1. The molecule has 1 saturated heterocycles. The lowest BCUT2D eigenvalue weighted by Crippen LogP contribution is -2.39. The molecule has 2 rings (SSSR count). The standard InChI is InChI=1S/C13H17ClN2O2S/c1-18-12-6-9(2-3-11(12)14)16-13(17)7-10-8-19-5-4-15-10/h2-3,6,10,15H,4-5,7-8H2,1H3,(H,16,17). The van der Waals surface area contributed by atoms with E-state index in [-0.39, 0.29) is 11.9 Å². The molecule has 0 aromatic heterocycles. The molecule has 1 atom stereocenters. The highest BCUT2D eigenvalue weighted by Crippen LogP contribution is 2.27. The largest absolute Gasteiger partial charge is 0.495 e. The molecule has 1 aliphatic rings. The maximum absolute atomic E-state index is 11.9. The predicted molar refractivity (Wildman–Crippen MR) is 80.4 cm³/mol. The molecule has 1 amide bonds. The summed E-state index contributed by atoms with van der Waals surface area (Å²) < 4.78 is 5.12. The van der Waals surface area contributed by atoms with E-state index in [1.165, 1.54) is 0 Å². The van der Waals surface area contributed by atoms with E-state index in [1.54, 1.807) is 25.3 Å². The summed E-state index contributed by atoms with van der Waals surface area (Å²) in [5, 5.41) is 6.74. The van der Waals surface area contributed by atoms with Crippen LogP contribution in [0.4, 0.5) is 5.69 Å². The fraction of sp³-hybridized carbons (Fsp3) is 0.462. The molecule has 1 heterocycles. The maximum atomic E-state index is 11.9. The predicted octanol–water partition coefficient (Wildman–Crippen LogP) is 2.38. The number of carbonyl (C=O) groups is 1. The highest BCUT2D eigenvalue weighted by atomic mass is 35.5. The summed E-state index contributed by atoms with van der Waals surface area (Å²) >= 11 is 7.82. The van der Waals surface area contributed by atoms with Crippen molar-refractivity contribution in [1.29, 1.82) is 0 Å². The van der Waals surface area contributed by atoms with Crippen LogP contribution >= 0.6 is 23.4 Å². The van der Waals surface area contributed by atoms with Crippen LogP contribution in [0.5, 0.6) is 5.75 Å². The Morgan fingerprint density at radius 3 is 3.16 bits per heavy atom. The number of ether oxygens (including phenoxy) is 1. The van der Waals surface area contributed by atoms with Crippen molar-refractivity contribution in [3.05, 3.63) is 23.2 Å². The molecule has 104 valence electrons. The normalized spacial score (nSPS) is 18.9. The first-order valence-corrected chi connectivity index (χ1v) is 7.67. The van der Waals surface area contributed by atoms with Crippen molar-refractivity contribution in [3.8, 4) is 5.75 Å². The van der Waals surface area contributed by atoms with E-state index in [4.69, 9.17) is 16.3 Å². The average Bonchev–Trinajstić information content (AvgIpc) is 2.42. The van der Waals surface area contributed by atoms with E-state index >= 15 is 0 Å². The van der Waals surface area contributed by atoms with Crippen LogP contribution < -0.4 is 15.4 Å². The van der Waals surface area contributed by atoms with Gasteiger partial charge in [-0.3, -0.25) is 4.79 Å². The van der Waals surface area contributed by atoms with Gasteiger partial charge in [0.1, 0.15) is 5.75 Å². The molecule has 0 radical (unpaired) electrons. The van der Waals surface area contributed by atoms with E-state index in [0.717, 1.165) is 18.1 Å². The van der Waals surface area contributed by atoms with Gasteiger partial charge in [-0.1, -0.05) is 11.6 Å². The van der Waals surface area contributed by atoms with Crippen LogP contribution in [0.15, 0.2) is 18.2 Å². The zero-order chi connectivity index (χ0) is 13.7. The second-order valence-electron chi connectivity index (χ2n) is 4.33. The smallest absolute Gasteiger partial charge is 0.225 e. The lowest BCUT2D eigenvalue weighted by atomic mass is 10.2. The Hall–Kier alpha value is -0.910. The van der Waals surface area contributed by atoms with Gasteiger partial charge in [0.25, 0.3) is 0 Å². The van der Waals surface area contributed by atoms with Gasteiger partial charge in [-0.15, -0.1) is 0 Å². The Bertz CT molecular complexity index is 450. The first-order chi connectivity index (χ1) is 9.19. The summed E-state index contributed by atoms with van der Waals surface area (Å²) in [6.07, 6.45) is 0.484. The molecular formula is C13H17ClN2O2S. The molecule has 1 aromatic carbocycles. The number of carbonyl (C=O) groups excluding carboxylic acids is 1. The van der Waals surface area contributed by atoms with Crippen LogP contribution in [-0.2, 0) is 4.79 Å². The van der Waals surface area contributed by atoms with Crippen molar-refractivity contribution in [1.82, 2.24) is 5.32 Å². The molecular weight excluding hydrogens is 284 g/mol. The summed E-state index contributed by atoms with van der Waals surface area (Å²) in [5.74, 6) is 2.67. The fourth-order valence-electron chi connectivity index (χ4n) is 1.92. The molecule has 1 unspecified atom stereocenters. The van der Waals surface area contributed by atoms with Crippen LogP contribution in [0.2, 0.25) is 5.02 Å². The van der Waals surface area contributed by atoms with Gasteiger partial charge < -0.3 is 15.4 Å². The number of benzene rings is 1. The minimum Gasteiger partial charge on any atom is -0.495 e. The Labute approximate surface area is 122 Å². The van der Waals surface area contributed by atoms with Crippen molar-refractivity contribution in [2.24, 2.45) is 0 Å². The van der Waals surface area contributed by atoms with Gasteiger partial charge in [-0.2, -0.15) is 11.8 Å². The van der Waals surface area contributed by atoms with Gasteiger partial charge >= 0.3 is 0 Å². The lowest BCUT2D eigenvalue weighted by Gasteiger charge is -2.22. The van der Waals surface area contributed by atoms with Crippen molar-refractivity contribution < 1.29 is 9.53 Å². The number of hydrogen-bond donors (Lipinski definition) is 2. The number of anilines is 1. The van der Waals surface area contributed by atoms with E-state index in [9.17, 15) is 4.79 Å². The first-order valence-electron chi connectivity index (χ1n) is 6.13. The number of hydrogen-bond acceptors (Lipinski definition) is 4. The van der Waals surface area contributed by atoms with E-state index in [1.807, 2.05) is 11.8 Å². The third-order valence-corrected chi connectivity index (χ3v) is 4.31. The molecule has 0 saturated carbocycles. The van der Waals surface area contributed by atoms with Gasteiger partial charge in [0.05, 0.1) is 12.1 Å². The van der Waals surface area contributed by atoms with E-state index < -0.39 is 0 Å². The topological polar surface area (TPSA) is 50.4 Å². The summed E-state index contributed by atoms with van der Waals surface area (Å²) in [7, 11) is 1.55. The quantitative estimate of drug-likeness (QED) is 0.896. The van der Waals surface area contributed by atoms with E-state index in [0.29, 0.717) is 22.9 Å². The minimum absolute atomic E-state index is 0.00405. The molecule has 4 nitrogen and oxygen atoms in total. The monoisotopic (exact) mass is 300 g/mol. The number of rotatable bonds is 4. The molecule has 6 heteroatoms. The maximum Gasteiger partial charge on any atom is 0.225 e. The molecule has 1 aliphatic heterocycles. The van der Waals surface area contributed by atoms with Crippen LogP contribution in [0.25, 0.3) is 0 Å². The highest BCUT2D eigenvalue weighted by Gasteiger charge is 2.16. The molecule has 0 spiro atoms. The van der Waals surface area contributed by atoms with Crippen LogP contribution in [0.3, 0.4) is 0 Å². The Kier molecular flexibility index (Phi) is 5.36. The fourth-order valence-corrected chi connectivity index (χ4v) is 3.07. The second kappa shape index (κ2) is 7.03. The van der Waals surface area contributed by atoms with Crippen molar-refractivity contribution >= 4 is 35.0 Å². The molecule has 0 aliphatic carbocycles. The molecule has 1 fully saturated rings. The molecule has 0 bridgehead atoms. The summed E-state index contributed by atoms with van der Waals surface area (Å²) in [6, 6.07) is 5.47. The molecule has 19 heavy (non-hydrogen) atoms. The van der Waals surface area contributed by atoms with Crippen molar-refractivity contribution in [2.75, 3.05) is 30.5 Å². The van der Waals surface area contributed by atoms with Crippen LogP contribution in [0.1, 0.15) is 6.42 Å². The summed E-state index contributed by atoms with van der Waals surface area (Å²) in [4.78, 5) is 11.9. The third-order valence-electron chi connectivity index (χ3n) is 2.87.